The summed E-state index contributed by atoms with van der Waals surface area (Å²) in [5, 5.41) is 13.8. The summed E-state index contributed by atoms with van der Waals surface area (Å²) in [4.78, 5) is 43.7. The number of hydrogen-bond donors (Lipinski definition) is 3. The van der Waals surface area contributed by atoms with Crippen molar-refractivity contribution < 1.29 is 56.5 Å². The van der Waals surface area contributed by atoms with Crippen LogP contribution in [0.25, 0.3) is 11.2 Å². The van der Waals surface area contributed by atoms with Crippen molar-refractivity contribution in [3.63, 3.8) is 0 Å². The molecule has 6 atom stereocenters. The number of nitrogens with zero attached hydrogens (tertiary/aromatic N) is 4. The SMILES string of the molecule is Nc1ncnc2c1ncn2[C@@H]1O[C@H](C(O)OP(=O)([O-])C(F)(F)P(=O)([O-])[O-])[C@@H](F)[C@H]1O. The molecule has 168 valence electrons. The zero-order chi connectivity index (χ0) is 22.6. The molecule has 0 saturated carbocycles. The molecule has 0 spiro atoms. The average Bonchev–Trinajstić information content (AvgIpc) is 3.16. The normalized spacial score (nSPS) is 28.5. The molecule has 2 unspecified atom stereocenters. The zero-order valence-corrected chi connectivity index (χ0v) is 16.0. The molecule has 1 fully saturated rings. The van der Waals surface area contributed by atoms with E-state index in [4.69, 9.17) is 10.5 Å². The Bertz CT molecular complexity index is 1050. The van der Waals surface area contributed by atoms with E-state index >= 15 is 0 Å². The largest absolute Gasteiger partial charge is 0.806 e. The van der Waals surface area contributed by atoms with Crippen LogP contribution >= 0.6 is 15.2 Å². The molecule has 0 radical (unpaired) electrons. The van der Waals surface area contributed by atoms with E-state index in [1.54, 1.807) is 0 Å². The van der Waals surface area contributed by atoms with Crippen LogP contribution in [0.3, 0.4) is 0 Å². The summed E-state index contributed by atoms with van der Waals surface area (Å²) in [5.74, 6) is -0.0860. The van der Waals surface area contributed by atoms with Gasteiger partial charge < -0.3 is 49.0 Å². The number of alkyl halides is 3. The molecule has 0 amide bonds. The number of halogens is 3. The minimum atomic E-state index is -7.06. The Labute approximate surface area is 163 Å². The van der Waals surface area contributed by atoms with Gasteiger partial charge in [-0.1, -0.05) is 0 Å². The van der Waals surface area contributed by atoms with Gasteiger partial charge in [0.25, 0.3) is 0 Å². The molecule has 0 aliphatic carbocycles. The molecule has 1 aliphatic heterocycles. The highest BCUT2D eigenvalue weighted by Crippen LogP contribution is 2.68. The van der Waals surface area contributed by atoms with Crippen molar-refractivity contribution in [2.75, 3.05) is 5.73 Å². The molecule has 4 N–H and O–H groups in total. The van der Waals surface area contributed by atoms with Crippen molar-refractivity contribution in [1.82, 2.24) is 19.5 Å². The molecule has 0 aromatic carbocycles. The molecule has 2 aromatic rings. The summed E-state index contributed by atoms with van der Waals surface area (Å²) < 4.78 is 72.4. The Kier molecular flexibility index (Phi) is 5.73. The van der Waals surface area contributed by atoms with Gasteiger partial charge >= 0.3 is 5.40 Å². The van der Waals surface area contributed by atoms with E-state index in [1.807, 2.05) is 0 Å². The summed E-state index contributed by atoms with van der Waals surface area (Å²) in [6, 6.07) is 0. The number of ether oxygens (including phenoxy) is 1. The van der Waals surface area contributed by atoms with Crippen molar-refractivity contribution in [1.29, 1.82) is 0 Å². The third kappa shape index (κ3) is 3.62. The predicted molar refractivity (Wildman–Crippen MR) is 81.8 cm³/mol. The van der Waals surface area contributed by atoms with Gasteiger partial charge in [-0.3, -0.25) is 4.57 Å². The zero-order valence-electron chi connectivity index (χ0n) is 14.2. The molecule has 14 nitrogen and oxygen atoms in total. The van der Waals surface area contributed by atoms with E-state index in [0.29, 0.717) is 0 Å². The minimum Gasteiger partial charge on any atom is -0.806 e. The smallest absolute Gasteiger partial charge is 0.332 e. The first-order valence-electron chi connectivity index (χ1n) is 7.67. The van der Waals surface area contributed by atoms with Gasteiger partial charge in [0, 0.05) is 7.60 Å². The van der Waals surface area contributed by atoms with Crippen LogP contribution in [0.2, 0.25) is 0 Å². The number of fused-ring (bicyclic) bond motifs is 1. The van der Waals surface area contributed by atoms with Crippen LogP contribution in [0.1, 0.15) is 6.23 Å². The van der Waals surface area contributed by atoms with Gasteiger partial charge in [-0.15, -0.1) is 0 Å². The van der Waals surface area contributed by atoms with Crippen molar-refractivity contribution >= 4 is 32.2 Å². The van der Waals surface area contributed by atoms with Crippen molar-refractivity contribution in [2.24, 2.45) is 0 Å². The van der Waals surface area contributed by atoms with Crippen molar-refractivity contribution in [3.05, 3.63) is 12.7 Å². The Morgan fingerprint density at radius 1 is 1.30 bits per heavy atom. The van der Waals surface area contributed by atoms with Gasteiger partial charge in [0.05, 0.1) is 6.33 Å². The van der Waals surface area contributed by atoms with Crippen LogP contribution in [0, 0.1) is 0 Å². The number of aromatic nitrogens is 4. The summed E-state index contributed by atoms with van der Waals surface area (Å²) >= 11 is 0. The highest BCUT2D eigenvalue weighted by molar-refractivity contribution is 7.70. The summed E-state index contributed by atoms with van der Waals surface area (Å²) in [6.45, 7) is 0. The monoisotopic (exact) mass is 476 g/mol. The number of aliphatic hydroxyl groups is 2. The average molecular weight is 476 g/mol. The topological polar surface area (TPSA) is 232 Å². The molecule has 3 heterocycles. The molecule has 0 bridgehead atoms. The molecule has 19 heteroatoms. The Morgan fingerprint density at radius 3 is 2.53 bits per heavy atom. The number of nitrogens with two attached hydrogens (primary N) is 1. The highest BCUT2D eigenvalue weighted by Gasteiger charge is 2.53. The lowest BCUT2D eigenvalue weighted by molar-refractivity contribution is -0.332. The maximum Gasteiger partial charge on any atom is 0.332 e. The Hall–Kier alpha value is -1.68. The number of aliphatic hydroxyl groups excluding tert-OH is 2. The fraction of sp³-hybridized carbons (Fsp3) is 0.545. The van der Waals surface area contributed by atoms with Gasteiger partial charge in [0.2, 0.25) is 7.60 Å². The first-order chi connectivity index (χ1) is 13.7. The van der Waals surface area contributed by atoms with E-state index in [2.05, 4.69) is 19.5 Å². The lowest BCUT2D eigenvalue weighted by Crippen LogP contribution is -2.41. The number of hydrogen-bond acceptors (Lipinski definition) is 13. The van der Waals surface area contributed by atoms with E-state index in [-0.39, 0.29) is 17.0 Å². The van der Waals surface area contributed by atoms with E-state index in [9.17, 15) is 47.2 Å². The molecular weight excluding hydrogens is 465 g/mol. The highest BCUT2D eigenvalue weighted by atomic mass is 31.2. The quantitative estimate of drug-likeness (QED) is 0.286. The summed E-state index contributed by atoms with van der Waals surface area (Å²) in [5.41, 5.74) is 5.54. The predicted octanol–water partition coefficient (Wildman–Crippen LogP) is -2.64. The fourth-order valence-electron chi connectivity index (χ4n) is 2.59. The van der Waals surface area contributed by atoms with Crippen LogP contribution in [0.5, 0.6) is 0 Å². The molecule has 2 aromatic heterocycles. The third-order valence-electron chi connectivity index (χ3n) is 4.08. The van der Waals surface area contributed by atoms with Crippen LogP contribution in [-0.2, 0) is 18.4 Å². The number of imidazole rings is 1. The van der Waals surface area contributed by atoms with Gasteiger partial charge in [0.15, 0.2) is 30.2 Å². The third-order valence-corrected chi connectivity index (χ3v) is 7.36. The van der Waals surface area contributed by atoms with E-state index in [0.717, 1.165) is 17.2 Å². The van der Waals surface area contributed by atoms with E-state index < -0.39 is 51.5 Å². The second-order valence-corrected chi connectivity index (χ2v) is 9.69. The maximum absolute atomic E-state index is 14.4. The van der Waals surface area contributed by atoms with Gasteiger partial charge in [-0.2, -0.15) is 8.78 Å². The molecule has 3 rings (SSSR count). The lowest BCUT2D eigenvalue weighted by atomic mass is 10.1. The van der Waals surface area contributed by atoms with Crippen LogP contribution in [-0.4, -0.2) is 59.8 Å². The molecular formula is C11H11F3N5O9P2-3. The standard InChI is InChI=1S/C11H14F3N5O9P2/c12-3-5(20)9(19-2-18-4-7(15)16-1-17-8(4)19)27-6(3)10(21)28-30(25,26)11(13,14)29(22,23)24/h1-3,5-6,9-10,20-21H,(H,25,26)(H2,15,16,17)(H2,22,23,24)/p-3/t3-,5+,6-,9+,10?/m0/s1. The minimum absolute atomic E-state index is 0.0225. The Morgan fingerprint density at radius 2 is 1.93 bits per heavy atom. The summed E-state index contributed by atoms with van der Waals surface area (Å²) in [7, 11) is -14.0. The number of nitrogen functional groups attached to an aromatic ring is 1. The van der Waals surface area contributed by atoms with Crippen LogP contribution in [0.15, 0.2) is 12.7 Å². The maximum atomic E-state index is 14.4. The van der Waals surface area contributed by atoms with Gasteiger partial charge in [-0.05, 0) is 0 Å². The second kappa shape index (κ2) is 7.47. The molecule has 30 heavy (non-hydrogen) atoms. The molecule has 1 aliphatic rings. The second-order valence-electron chi connectivity index (χ2n) is 6.01. The van der Waals surface area contributed by atoms with E-state index in [1.165, 1.54) is 0 Å². The Balaban J connectivity index is 1.85. The first-order valence-corrected chi connectivity index (χ1v) is 10.8. The number of rotatable bonds is 6. The van der Waals surface area contributed by atoms with Crippen LogP contribution < -0.4 is 20.4 Å². The first kappa shape index (κ1) is 23.0. The van der Waals surface area contributed by atoms with Crippen LogP contribution in [0.4, 0.5) is 19.0 Å². The molecule has 1 saturated heterocycles. The van der Waals surface area contributed by atoms with Gasteiger partial charge in [-0.25, -0.2) is 19.3 Å². The fourth-order valence-corrected chi connectivity index (χ4v) is 4.47. The summed E-state index contributed by atoms with van der Waals surface area (Å²) in [6.07, 6.45) is -9.88. The van der Waals surface area contributed by atoms with Crippen molar-refractivity contribution in [2.45, 2.75) is 36.3 Å². The number of anilines is 1. The lowest BCUT2D eigenvalue weighted by Gasteiger charge is -2.44. The van der Waals surface area contributed by atoms with Gasteiger partial charge in [0.1, 0.15) is 24.1 Å². The van der Waals surface area contributed by atoms with Crippen molar-refractivity contribution in [3.8, 4) is 0 Å².